The molecule has 8 heteroatoms. The average Bonchev–Trinajstić information content (AvgIpc) is 2.71. The van der Waals surface area contributed by atoms with Crippen LogP contribution in [0.25, 0.3) is 0 Å². The smallest absolute Gasteiger partial charge is 0.248 e. The van der Waals surface area contributed by atoms with Gasteiger partial charge < -0.3 is 16.4 Å². The number of hydrogen-bond acceptors (Lipinski definition) is 4. The number of rotatable bonds is 10. The third-order valence-corrected chi connectivity index (χ3v) is 5.02. The molecule has 0 saturated carbocycles. The molecule has 0 aliphatic rings. The van der Waals surface area contributed by atoms with Crippen molar-refractivity contribution in [1.82, 2.24) is 10.2 Å². The Hall–Kier alpha value is -2.90. The van der Waals surface area contributed by atoms with E-state index >= 15 is 0 Å². The van der Waals surface area contributed by atoms with Crippen LogP contribution in [0.5, 0.6) is 0 Å². The summed E-state index contributed by atoms with van der Waals surface area (Å²) in [5.41, 5.74) is 7.02. The number of halogens is 1. The average molecular weight is 431 g/mol. The molecule has 1 atom stereocenters. The molecule has 0 fully saturated rings. The summed E-state index contributed by atoms with van der Waals surface area (Å²) in [6.45, 7) is 5.08. The molecule has 30 heavy (non-hydrogen) atoms. The summed E-state index contributed by atoms with van der Waals surface area (Å²) in [6, 6.07) is 13.5. The Morgan fingerprint density at radius 3 is 2.33 bits per heavy atom. The zero-order valence-electron chi connectivity index (χ0n) is 17.2. The summed E-state index contributed by atoms with van der Waals surface area (Å²) in [7, 11) is 0. The van der Waals surface area contributed by atoms with Gasteiger partial charge in [-0.1, -0.05) is 36.7 Å². The van der Waals surface area contributed by atoms with Gasteiger partial charge in [-0.15, -0.1) is 0 Å². The summed E-state index contributed by atoms with van der Waals surface area (Å²) < 4.78 is 0. The highest BCUT2D eigenvalue weighted by molar-refractivity contribution is 6.31. The maximum Gasteiger partial charge on any atom is 0.248 e. The van der Waals surface area contributed by atoms with Gasteiger partial charge in [0.1, 0.15) is 0 Å². The monoisotopic (exact) mass is 430 g/mol. The van der Waals surface area contributed by atoms with E-state index in [0.717, 1.165) is 5.56 Å². The van der Waals surface area contributed by atoms with Crippen LogP contribution >= 0.6 is 11.6 Å². The molecule has 2 aromatic carbocycles. The fourth-order valence-corrected chi connectivity index (χ4v) is 3.24. The van der Waals surface area contributed by atoms with Crippen LogP contribution in [0.4, 0.5) is 5.69 Å². The molecule has 7 nitrogen and oxygen atoms in total. The second-order valence-electron chi connectivity index (χ2n) is 6.92. The van der Waals surface area contributed by atoms with E-state index in [-0.39, 0.29) is 30.8 Å². The Bertz CT molecular complexity index is 886. The molecule has 4 N–H and O–H groups in total. The normalized spacial score (nSPS) is 11.7. The van der Waals surface area contributed by atoms with E-state index in [0.29, 0.717) is 29.4 Å². The van der Waals surface area contributed by atoms with Crippen LogP contribution in [0, 0.1) is 0 Å². The molecule has 0 heterocycles. The van der Waals surface area contributed by atoms with Crippen molar-refractivity contribution < 1.29 is 14.4 Å². The Kier molecular flexibility index (Phi) is 8.83. The van der Waals surface area contributed by atoms with E-state index in [9.17, 15) is 14.4 Å². The highest BCUT2D eigenvalue weighted by Crippen LogP contribution is 2.22. The van der Waals surface area contributed by atoms with Crippen molar-refractivity contribution in [2.45, 2.75) is 26.3 Å². The summed E-state index contributed by atoms with van der Waals surface area (Å²) >= 11 is 6.18. The molecule has 0 spiro atoms. The number of primary amides is 1. The molecule has 0 bridgehead atoms. The third kappa shape index (κ3) is 7.17. The van der Waals surface area contributed by atoms with Gasteiger partial charge in [-0.2, -0.15) is 0 Å². The van der Waals surface area contributed by atoms with E-state index in [2.05, 4.69) is 10.6 Å². The minimum atomic E-state index is -0.520. The fraction of sp³-hybridized carbons (Fsp3) is 0.318. The van der Waals surface area contributed by atoms with Crippen LogP contribution in [-0.2, 0) is 9.59 Å². The molecule has 0 saturated heterocycles. The molecule has 0 aliphatic carbocycles. The molecule has 0 aromatic heterocycles. The van der Waals surface area contributed by atoms with E-state index in [4.69, 9.17) is 17.3 Å². The topological polar surface area (TPSA) is 105 Å². The first kappa shape index (κ1) is 23.4. The van der Waals surface area contributed by atoms with Gasteiger partial charge in [-0.05, 0) is 49.4 Å². The van der Waals surface area contributed by atoms with Crippen molar-refractivity contribution in [3.05, 3.63) is 64.7 Å². The summed E-state index contributed by atoms with van der Waals surface area (Å²) in [5.74, 6) is -0.828. The minimum absolute atomic E-state index is 0.133. The summed E-state index contributed by atoms with van der Waals surface area (Å²) in [4.78, 5) is 37.6. The summed E-state index contributed by atoms with van der Waals surface area (Å²) in [5, 5.41) is 6.32. The predicted octanol–water partition coefficient (Wildman–Crippen LogP) is 2.97. The van der Waals surface area contributed by atoms with Crippen molar-refractivity contribution >= 4 is 35.0 Å². The molecule has 0 radical (unpaired) electrons. The van der Waals surface area contributed by atoms with Gasteiger partial charge >= 0.3 is 0 Å². The Morgan fingerprint density at radius 1 is 1.07 bits per heavy atom. The third-order valence-electron chi connectivity index (χ3n) is 4.67. The SMILES string of the molecule is CCN(CCC(=O)Nc1ccc(C(N)=O)cc1)CC(=O)NC(C)c1ccccc1Cl. The summed E-state index contributed by atoms with van der Waals surface area (Å²) in [6.07, 6.45) is 0.235. The first-order valence-electron chi connectivity index (χ1n) is 9.76. The van der Waals surface area contributed by atoms with E-state index in [1.54, 1.807) is 30.3 Å². The lowest BCUT2D eigenvalue weighted by Gasteiger charge is -2.22. The van der Waals surface area contributed by atoms with Crippen LogP contribution in [0.2, 0.25) is 5.02 Å². The van der Waals surface area contributed by atoms with Crippen LogP contribution in [0.3, 0.4) is 0 Å². The molecule has 1 unspecified atom stereocenters. The molecule has 160 valence electrons. The van der Waals surface area contributed by atoms with Crippen molar-refractivity contribution in [2.24, 2.45) is 5.73 Å². The van der Waals surface area contributed by atoms with Crippen molar-refractivity contribution in [3.8, 4) is 0 Å². The van der Waals surface area contributed by atoms with Gasteiger partial charge in [0.2, 0.25) is 17.7 Å². The van der Waals surface area contributed by atoms with Crippen LogP contribution < -0.4 is 16.4 Å². The lowest BCUT2D eigenvalue weighted by molar-refractivity contribution is -0.123. The zero-order valence-corrected chi connectivity index (χ0v) is 17.9. The quantitative estimate of drug-likeness (QED) is 0.538. The number of amides is 3. The maximum absolute atomic E-state index is 12.4. The fourth-order valence-electron chi connectivity index (χ4n) is 2.94. The van der Waals surface area contributed by atoms with Gasteiger partial charge in [0, 0.05) is 29.2 Å². The van der Waals surface area contributed by atoms with Gasteiger partial charge in [0.15, 0.2) is 0 Å². The van der Waals surface area contributed by atoms with E-state index in [1.165, 1.54) is 0 Å². The number of carbonyl (C=O) groups excluding carboxylic acids is 3. The van der Waals surface area contributed by atoms with Crippen LogP contribution in [0.1, 0.15) is 42.2 Å². The number of benzene rings is 2. The molecule has 3 amide bonds. The van der Waals surface area contributed by atoms with Crippen molar-refractivity contribution in [2.75, 3.05) is 25.0 Å². The number of nitrogens with zero attached hydrogens (tertiary/aromatic N) is 1. The highest BCUT2D eigenvalue weighted by Gasteiger charge is 2.15. The highest BCUT2D eigenvalue weighted by atomic mass is 35.5. The second kappa shape index (κ2) is 11.3. The first-order valence-corrected chi connectivity index (χ1v) is 10.1. The largest absolute Gasteiger partial charge is 0.366 e. The number of anilines is 1. The van der Waals surface area contributed by atoms with E-state index < -0.39 is 5.91 Å². The van der Waals surface area contributed by atoms with Gasteiger partial charge in [-0.3, -0.25) is 19.3 Å². The molecule has 2 aromatic rings. The van der Waals surface area contributed by atoms with Gasteiger partial charge in [0.05, 0.1) is 12.6 Å². The number of likely N-dealkylation sites (N-methyl/N-ethyl adjacent to an activating group) is 1. The van der Waals surface area contributed by atoms with Crippen molar-refractivity contribution in [1.29, 1.82) is 0 Å². The van der Waals surface area contributed by atoms with Gasteiger partial charge in [-0.25, -0.2) is 0 Å². The molecule has 2 rings (SSSR count). The maximum atomic E-state index is 12.4. The number of carbonyl (C=O) groups is 3. The molecular formula is C22H27ClN4O3. The number of hydrogen-bond donors (Lipinski definition) is 3. The van der Waals surface area contributed by atoms with Crippen LogP contribution in [-0.4, -0.2) is 42.3 Å². The van der Waals surface area contributed by atoms with Crippen LogP contribution in [0.15, 0.2) is 48.5 Å². The predicted molar refractivity (Wildman–Crippen MR) is 118 cm³/mol. The van der Waals surface area contributed by atoms with E-state index in [1.807, 2.05) is 36.9 Å². The lowest BCUT2D eigenvalue weighted by atomic mass is 10.1. The minimum Gasteiger partial charge on any atom is -0.366 e. The Morgan fingerprint density at radius 2 is 1.73 bits per heavy atom. The zero-order chi connectivity index (χ0) is 22.1. The standard InChI is InChI=1S/C22H27ClN4O3/c1-3-27(14-21(29)25-15(2)18-6-4-5-7-19(18)23)13-12-20(28)26-17-10-8-16(9-11-17)22(24)30/h4-11,15H,3,12-14H2,1-2H3,(H2,24,30)(H,25,29)(H,26,28). The lowest BCUT2D eigenvalue weighted by Crippen LogP contribution is -2.39. The first-order chi connectivity index (χ1) is 14.3. The molecular weight excluding hydrogens is 404 g/mol. The number of nitrogens with one attached hydrogen (secondary N) is 2. The van der Waals surface area contributed by atoms with Crippen molar-refractivity contribution in [3.63, 3.8) is 0 Å². The molecule has 0 aliphatic heterocycles. The van der Waals surface area contributed by atoms with Gasteiger partial charge in [0.25, 0.3) is 0 Å². The second-order valence-corrected chi connectivity index (χ2v) is 7.33. The Labute approximate surface area is 181 Å². The Balaban J connectivity index is 1.80. The number of nitrogens with two attached hydrogens (primary N) is 1.